The molecule has 8 nitrogen and oxygen atoms in total. The van der Waals surface area contributed by atoms with Crippen LogP contribution in [0.1, 0.15) is 27.6 Å². The van der Waals surface area contributed by atoms with Gasteiger partial charge in [-0.05, 0) is 24.3 Å². The summed E-state index contributed by atoms with van der Waals surface area (Å²) in [7, 11) is 1.08. The number of halogens is 4. The Hall–Kier alpha value is -4.12. The standard InChI is InChI=1S/C23H15ClF3NO7/c1-33-22(30)20(13-5-3-2-4-6-13)35-21(29)16-12-15(8-9-18(16)28(31)32)34-19-10-7-14(11-17(19)24)23(25,26)27/h2-12,20H,1H3. The predicted octanol–water partition coefficient (Wildman–Crippen LogP) is 6.13. The van der Waals surface area contributed by atoms with E-state index >= 15 is 0 Å². The Morgan fingerprint density at radius 2 is 1.71 bits per heavy atom. The van der Waals surface area contributed by atoms with Gasteiger partial charge in [0.15, 0.2) is 0 Å². The summed E-state index contributed by atoms with van der Waals surface area (Å²) in [4.78, 5) is 35.7. The third-order valence-corrected chi connectivity index (χ3v) is 4.91. The summed E-state index contributed by atoms with van der Waals surface area (Å²) >= 11 is 5.88. The lowest BCUT2D eigenvalue weighted by molar-refractivity contribution is -0.385. The second kappa shape index (κ2) is 10.4. The maximum absolute atomic E-state index is 12.9. The number of nitro benzene ring substituents is 1. The first kappa shape index (κ1) is 25.5. The molecule has 0 aliphatic heterocycles. The van der Waals surface area contributed by atoms with E-state index < -0.39 is 46.0 Å². The minimum absolute atomic E-state index is 0.154. The van der Waals surface area contributed by atoms with Crippen molar-refractivity contribution in [2.45, 2.75) is 12.3 Å². The number of nitro groups is 1. The highest BCUT2D eigenvalue weighted by atomic mass is 35.5. The van der Waals surface area contributed by atoms with Crippen molar-refractivity contribution in [1.29, 1.82) is 0 Å². The molecule has 0 amide bonds. The van der Waals surface area contributed by atoms with Crippen molar-refractivity contribution in [3.05, 3.63) is 98.6 Å². The Morgan fingerprint density at radius 3 is 2.29 bits per heavy atom. The van der Waals surface area contributed by atoms with Gasteiger partial charge < -0.3 is 14.2 Å². The molecular weight excluding hydrogens is 495 g/mol. The van der Waals surface area contributed by atoms with Gasteiger partial charge in [0, 0.05) is 17.7 Å². The number of rotatable bonds is 7. The molecule has 35 heavy (non-hydrogen) atoms. The third-order valence-electron chi connectivity index (χ3n) is 4.61. The highest BCUT2D eigenvalue weighted by molar-refractivity contribution is 6.32. The summed E-state index contributed by atoms with van der Waals surface area (Å²) in [6, 6.07) is 13.2. The zero-order chi connectivity index (χ0) is 25.8. The van der Waals surface area contributed by atoms with Gasteiger partial charge in [-0.2, -0.15) is 13.2 Å². The SMILES string of the molecule is COC(=O)C(OC(=O)c1cc(Oc2ccc(C(F)(F)F)cc2Cl)ccc1[N+](=O)[O-])c1ccccc1. The largest absolute Gasteiger partial charge is 0.466 e. The second-order valence-electron chi connectivity index (χ2n) is 6.90. The summed E-state index contributed by atoms with van der Waals surface area (Å²) < 4.78 is 53.9. The number of ether oxygens (including phenoxy) is 3. The van der Waals surface area contributed by atoms with Crippen molar-refractivity contribution >= 4 is 29.2 Å². The fourth-order valence-electron chi connectivity index (χ4n) is 2.95. The van der Waals surface area contributed by atoms with Crippen LogP contribution in [0, 0.1) is 10.1 Å². The number of benzene rings is 3. The molecular formula is C23H15ClF3NO7. The number of hydrogen-bond acceptors (Lipinski definition) is 7. The third kappa shape index (κ3) is 6.07. The number of methoxy groups -OCH3 is 1. The Morgan fingerprint density at radius 1 is 1.03 bits per heavy atom. The van der Waals surface area contributed by atoms with Crippen LogP contribution in [-0.4, -0.2) is 24.0 Å². The molecule has 0 aliphatic carbocycles. The van der Waals surface area contributed by atoms with Crippen LogP contribution >= 0.6 is 11.6 Å². The highest BCUT2D eigenvalue weighted by Gasteiger charge is 2.32. The average Bonchev–Trinajstić information content (AvgIpc) is 2.82. The first-order valence-electron chi connectivity index (χ1n) is 9.68. The van der Waals surface area contributed by atoms with E-state index in [2.05, 4.69) is 4.74 Å². The molecule has 0 radical (unpaired) electrons. The van der Waals surface area contributed by atoms with Crippen molar-refractivity contribution in [1.82, 2.24) is 0 Å². The number of esters is 2. The molecule has 0 fully saturated rings. The van der Waals surface area contributed by atoms with Crippen molar-refractivity contribution in [2.75, 3.05) is 7.11 Å². The van der Waals surface area contributed by atoms with E-state index in [4.69, 9.17) is 21.1 Å². The molecule has 0 saturated heterocycles. The van der Waals surface area contributed by atoms with Crippen LogP contribution in [0.3, 0.4) is 0 Å². The van der Waals surface area contributed by atoms with Gasteiger partial charge in [-0.25, -0.2) is 9.59 Å². The molecule has 0 saturated carbocycles. The number of alkyl halides is 3. The molecule has 0 spiro atoms. The molecule has 12 heteroatoms. The monoisotopic (exact) mass is 509 g/mol. The second-order valence-corrected chi connectivity index (χ2v) is 7.31. The Bertz CT molecular complexity index is 1270. The molecule has 3 rings (SSSR count). The zero-order valence-corrected chi connectivity index (χ0v) is 18.5. The molecule has 1 unspecified atom stereocenters. The van der Waals surface area contributed by atoms with Gasteiger partial charge in [-0.1, -0.05) is 41.9 Å². The van der Waals surface area contributed by atoms with Crippen LogP contribution in [-0.2, 0) is 20.4 Å². The molecule has 3 aromatic rings. The van der Waals surface area contributed by atoms with Crippen LogP contribution in [0.25, 0.3) is 0 Å². The van der Waals surface area contributed by atoms with Gasteiger partial charge in [0.1, 0.15) is 17.1 Å². The fourth-order valence-corrected chi connectivity index (χ4v) is 3.16. The van der Waals surface area contributed by atoms with Crippen molar-refractivity contribution in [3.8, 4) is 11.5 Å². The average molecular weight is 510 g/mol. The maximum atomic E-state index is 12.9. The first-order chi connectivity index (χ1) is 16.5. The summed E-state index contributed by atoms with van der Waals surface area (Å²) in [5, 5.41) is 11.1. The van der Waals surface area contributed by atoms with Crippen LogP contribution in [0.5, 0.6) is 11.5 Å². The van der Waals surface area contributed by atoms with Crippen molar-refractivity contribution in [3.63, 3.8) is 0 Å². The van der Waals surface area contributed by atoms with Crippen molar-refractivity contribution < 1.29 is 41.9 Å². The molecule has 0 N–H and O–H groups in total. The van der Waals surface area contributed by atoms with E-state index in [1.165, 1.54) is 12.1 Å². The highest BCUT2D eigenvalue weighted by Crippen LogP contribution is 2.37. The summed E-state index contributed by atoms with van der Waals surface area (Å²) in [6.07, 6.45) is -6.14. The smallest absolute Gasteiger partial charge is 0.416 e. The lowest BCUT2D eigenvalue weighted by Crippen LogP contribution is -2.21. The Kier molecular flexibility index (Phi) is 7.60. The van der Waals surface area contributed by atoms with E-state index in [9.17, 15) is 32.9 Å². The molecule has 0 heterocycles. The van der Waals surface area contributed by atoms with Crippen molar-refractivity contribution in [2.24, 2.45) is 0 Å². The van der Waals surface area contributed by atoms with Crippen LogP contribution < -0.4 is 4.74 Å². The van der Waals surface area contributed by atoms with Gasteiger partial charge in [0.25, 0.3) is 5.69 Å². The number of hydrogen-bond donors (Lipinski definition) is 0. The number of nitrogens with zero attached hydrogens (tertiary/aromatic N) is 1. The zero-order valence-electron chi connectivity index (χ0n) is 17.7. The lowest BCUT2D eigenvalue weighted by Gasteiger charge is -2.16. The summed E-state index contributed by atoms with van der Waals surface area (Å²) in [5.74, 6) is -2.50. The van der Waals surface area contributed by atoms with E-state index in [0.29, 0.717) is 6.07 Å². The Labute approximate surface area is 200 Å². The molecule has 0 aromatic heterocycles. The van der Waals surface area contributed by atoms with E-state index in [1.807, 2.05) is 0 Å². The van der Waals surface area contributed by atoms with Gasteiger partial charge in [-0.15, -0.1) is 0 Å². The molecule has 1 atom stereocenters. The fraction of sp³-hybridized carbons (Fsp3) is 0.130. The van der Waals surface area contributed by atoms with E-state index in [-0.39, 0.29) is 22.1 Å². The first-order valence-corrected chi connectivity index (χ1v) is 10.1. The molecule has 0 bridgehead atoms. The summed E-state index contributed by atoms with van der Waals surface area (Å²) in [6.45, 7) is 0. The van der Waals surface area contributed by atoms with Crippen LogP contribution in [0.4, 0.5) is 18.9 Å². The Balaban J connectivity index is 1.94. The number of carbonyl (C=O) groups is 2. The number of carbonyl (C=O) groups excluding carboxylic acids is 2. The van der Waals surface area contributed by atoms with Crippen LogP contribution in [0.2, 0.25) is 5.02 Å². The van der Waals surface area contributed by atoms with Gasteiger partial charge in [-0.3, -0.25) is 10.1 Å². The predicted molar refractivity (Wildman–Crippen MR) is 116 cm³/mol. The quantitative estimate of drug-likeness (QED) is 0.214. The maximum Gasteiger partial charge on any atom is 0.416 e. The molecule has 0 aliphatic rings. The minimum atomic E-state index is -4.62. The van der Waals surface area contributed by atoms with Gasteiger partial charge >= 0.3 is 18.1 Å². The van der Waals surface area contributed by atoms with Gasteiger partial charge in [0.05, 0.1) is 22.6 Å². The van der Waals surface area contributed by atoms with Gasteiger partial charge in [0.2, 0.25) is 6.10 Å². The normalized spacial score (nSPS) is 11.9. The lowest BCUT2D eigenvalue weighted by atomic mass is 10.1. The van der Waals surface area contributed by atoms with Crippen LogP contribution in [0.15, 0.2) is 66.7 Å². The molecule has 182 valence electrons. The topological polar surface area (TPSA) is 105 Å². The van der Waals surface area contributed by atoms with E-state index in [1.54, 1.807) is 18.2 Å². The minimum Gasteiger partial charge on any atom is -0.466 e. The summed E-state index contributed by atoms with van der Waals surface area (Å²) in [5.41, 5.74) is -1.96. The molecule has 3 aromatic carbocycles. The van der Waals surface area contributed by atoms with E-state index in [0.717, 1.165) is 37.4 Å².